The van der Waals surface area contributed by atoms with Crippen LogP contribution in [0.5, 0.6) is 0 Å². The Morgan fingerprint density at radius 3 is 2.83 bits per heavy atom. The molecule has 0 saturated carbocycles. The highest BCUT2D eigenvalue weighted by Crippen LogP contribution is 2.40. The summed E-state index contributed by atoms with van der Waals surface area (Å²) in [6.07, 6.45) is 5.55. The van der Waals surface area contributed by atoms with Crippen LogP contribution < -0.4 is 5.32 Å². The van der Waals surface area contributed by atoms with E-state index in [0.717, 1.165) is 42.5 Å². The van der Waals surface area contributed by atoms with Crippen molar-refractivity contribution in [1.82, 2.24) is 4.90 Å². The van der Waals surface area contributed by atoms with Crippen molar-refractivity contribution in [2.45, 2.75) is 46.0 Å². The van der Waals surface area contributed by atoms with Crippen LogP contribution in [0.15, 0.2) is 0 Å². The molecule has 0 bridgehead atoms. The number of carbonyl (C=O) groups excluding carboxylic acids is 1. The Balaban J connectivity index is 1.84. The first-order valence-corrected chi connectivity index (χ1v) is 10.0. The number of piperidine rings is 1. The summed E-state index contributed by atoms with van der Waals surface area (Å²) < 4.78 is 5.04. The molecule has 4 nitrogen and oxygen atoms in total. The molecule has 2 heterocycles. The van der Waals surface area contributed by atoms with Crippen LogP contribution in [0.1, 0.15) is 53.9 Å². The summed E-state index contributed by atoms with van der Waals surface area (Å²) in [5.74, 6) is 1.08. The Morgan fingerprint density at radius 2 is 2.12 bits per heavy atom. The molecule has 0 amide bonds. The van der Waals surface area contributed by atoms with Crippen LogP contribution in [0.4, 0.5) is 5.00 Å². The minimum Gasteiger partial charge on any atom is -0.465 e. The fourth-order valence-electron chi connectivity index (χ4n) is 3.71. The molecule has 0 spiro atoms. The van der Waals surface area contributed by atoms with Crippen molar-refractivity contribution in [3.63, 3.8) is 0 Å². The molecule has 1 aromatic heterocycles. The van der Waals surface area contributed by atoms with Gasteiger partial charge in [0.05, 0.1) is 12.7 Å². The van der Waals surface area contributed by atoms with E-state index in [1.54, 1.807) is 11.3 Å². The van der Waals surface area contributed by atoms with E-state index in [-0.39, 0.29) is 5.97 Å². The van der Waals surface area contributed by atoms with Gasteiger partial charge in [-0.15, -0.1) is 11.3 Å². The van der Waals surface area contributed by atoms with E-state index in [9.17, 15) is 4.79 Å². The van der Waals surface area contributed by atoms with Crippen LogP contribution in [-0.4, -0.2) is 36.2 Å². The molecular weight excluding hydrogens is 340 g/mol. The number of carbonyl (C=O) groups is 1. The number of nitrogens with one attached hydrogen (secondary N) is 1. The topological polar surface area (TPSA) is 41.6 Å². The first kappa shape index (κ1) is 17.7. The number of nitrogens with zero attached hydrogens (tertiary/aromatic N) is 1. The van der Waals surface area contributed by atoms with Crippen molar-refractivity contribution < 1.29 is 9.53 Å². The quantitative estimate of drug-likeness (QED) is 0.631. The minimum atomic E-state index is -0.251. The van der Waals surface area contributed by atoms with E-state index in [4.69, 9.17) is 17.0 Å². The lowest BCUT2D eigenvalue weighted by atomic mass is 9.88. The number of thiocarbonyl (C=S) groups is 1. The summed E-state index contributed by atoms with van der Waals surface area (Å²) in [6, 6.07) is 0. The molecule has 6 heteroatoms. The van der Waals surface area contributed by atoms with Crippen LogP contribution in [0.25, 0.3) is 0 Å². The Kier molecular flexibility index (Phi) is 5.45. The van der Waals surface area contributed by atoms with Crippen LogP contribution >= 0.6 is 23.6 Å². The lowest BCUT2D eigenvalue weighted by Crippen LogP contribution is -2.41. The number of methoxy groups -OCH3 is 1. The zero-order valence-electron chi connectivity index (χ0n) is 14.7. The van der Waals surface area contributed by atoms with Crippen LogP contribution in [-0.2, 0) is 17.6 Å². The van der Waals surface area contributed by atoms with Crippen LogP contribution in [0.3, 0.4) is 0 Å². The summed E-state index contributed by atoms with van der Waals surface area (Å²) in [5, 5.41) is 4.96. The highest BCUT2D eigenvalue weighted by atomic mass is 32.1. The third-order valence-corrected chi connectivity index (χ3v) is 6.60. The number of likely N-dealkylation sites (tertiary alicyclic amines) is 1. The number of hydrogen-bond acceptors (Lipinski definition) is 4. The number of hydrogen-bond donors (Lipinski definition) is 1. The average Bonchev–Trinajstić information content (AvgIpc) is 2.90. The molecule has 0 unspecified atom stereocenters. The minimum absolute atomic E-state index is 0.251. The van der Waals surface area contributed by atoms with Crippen LogP contribution in [0, 0.1) is 11.8 Å². The zero-order valence-corrected chi connectivity index (χ0v) is 16.3. The van der Waals surface area contributed by atoms with Gasteiger partial charge in [-0.1, -0.05) is 13.8 Å². The van der Waals surface area contributed by atoms with Crippen molar-refractivity contribution in [3.8, 4) is 0 Å². The fraction of sp³-hybridized carbons (Fsp3) is 0.667. The van der Waals surface area contributed by atoms with Crippen molar-refractivity contribution in [2.24, 2.45) is 11.8 Å². The lowest BCUT2D eigenvalue weighted by molar-refractivity contribution is 0.0601. The van der Waals surface area contributed by atoms with Crippen molar-refractivity contribution in [3.05, 3.63) is 16.0 Å². The standard InChI is InChI=1S/C18H26N2O2S2/c1-11-6-7-13-14(9-11)24-16(15(13)17(21)22-3)19-18(23)20-8-4-5-12(2)10-20/h11-12H,4-10H2,1-3H3,(H,19,23)/t11-,12-/m1/s1. The van der Waals surface area contributed by atoms with E-state index in [1.807, 2.05) is 0 Å². The third kappa shape index (κ3) is 3.59. The Bertz CT molecular complexity index is 641. The van der Waals surface area contributed by atoms with Gasteiger partial charge in [0, 0.05) is 18.0 Å². The van der Waals surface area contributed by atoms with E-state index < -0.39 is 0 Å². The largest absolute Gasteiger partial charge is 0.465 e. The maximum atomic E-state index is 12.3. The normalized spacial score (nSPS) is 23.5. The van der Waals surface area contributed by atoms with Gasteiger partial charge in [0.2, 0.25) is 0 Å². The zero-order chi connectivity index (χ0) is 17.3. The second-order valence-corrected chi connectivity index (χ2v) is 8.66. The summed E-state index contributed by atoms with van der Waals surface area (Å²) >= 11 is 7.30. The molecule has 3 rings (SSSR count). The summed E-state index contributed by atoms with van der Waals surface area (Å²) in [5.41, 5.74) is 1.87. The highest BCUT2D eigenvalue weighted by molar-refractivity contribution is 7.80. The number of rotatable bonds is 2. The molecule has 1 aliphatic heterocycles. The van der Waals surface area contributed by atoms with Gasteiger partial charge in [-0.05, 0) is 61.7 Å². The summed E-state index contributed by atoms with van der Waals surface area (Å²) in [6.45, 7) is 6.51. The third-order valence-electron chi connectivity index (χ3n) is 5.07. The molecule has 1 saturated heterocycles. The highest BCUT2D eigenvalue weighted by Gasteiger charge is 2.29. The van der Waals surface area contributed by atoms with E-state index in [0.29, 0.717) is 17.4 Å². The lowest BCUT2D eigenvalue weighted by Gasteiger charge is -2.33. The molecule has 1 N–H and O–H groups in total. The average molecular weight is 367 g/mol. The maximum Gasteiger partial charge on any atom is 0.341 e. The fourth-order valence-corrected chi connectivity index (χ4v) is 5.44. The molecule has 1 aliphatic carbocycles. The molecule has 132 valence electrons. The second-order valence-electron chi connectivity index (χ2n) is 7.17. The predicted molar refractivity (Wildman–Crippen MR) is 103 cm³/mol. The molecule has 1 fully saturated rings. The summed E-state index contributed by atoms with van der Waals surface area (Å²) in [4.78, 5) is 15.9. The predicted octanol–water partition coefficient (Wildman–Crippen LogP) is 4.09. The molecule has 2 aliphatic rings. The Hall–Kier alpha value is -1.14. The number of thiophene rings is 1. The Morgan fingerprint density at radius 1 is 1.33 bits per heavy atom. The van der Waals surface area contributed by atoms with Gasteiger partial charge >= 0.3 is 5.97 Å². The van der Waals surface area contributed by atoms with Gasteiger partial charge in [-0.3, -0.25) is 0 Å². The van der Waals surface area contributed by atoms with E-state index in [1.165, 1.54) is 30.4 Å². The van der Waals surface area contributed by atoms with Gasteiger partial charge in [-0.25, -0.2) is 4.79 Å². The van der Waals surface area contributed by atoms with Crippen molar-refractivity contribution in [2.75, 3.05) is 25.5 Å². The number of fused-ring (bicyclic) bond motifs is 1. The summed E-state index contributed by atoms with van der Waals surface area (Å²) in [7, 11) is 1.45. The smallest absolute Gasteiger partial charge is 0.341 e. The van der Waals surface area contributed by atoms with Gasteiger partial charge in [-0.2, -0.15) is 0 Å². The molecule has 0 radical (unpaired) electrons. The maximum absolute atomic E-state index is 12.3. The first-order chi connectivity index (χ1) is 11.5. The molecule has 2 atom stereocenters. The Labute approximate surface area is 153 Å². The van der Waals surface area contributed by atoms with Gasteiger partial charge in [0.15, 0.2) is 5.11 Å². The van der Waals surface area contributed by atoms with E-state index in [2.05, 4.69) is 24.1 Å². The molecule has 0 aromatic carbocycles. The molecule has 24 heavy (non-hydrogen) atoms. The van der Waals surface area contributed by atoms with Gasteiger partial charge in [0.25, 0.3) is 0 Å². The van der Waals surface area contributed by atoms with E-state index >= 15 is 0 Å². The second kappa shape index (κ2) is 7.40. The SMILES string of the molecule is COC(=O)c1c(NC(=S)N2CCC[C@@H](C)C2)sc2c1CC[C@@H](C)C2. The first-order valence-electron chi connectivity index (χ1n) is 8.78. The number of anilines is 1. The van der Waals surface area contributed by atoms with Crippen LogP contribution in [0.2, 0.25) is 0 Å². The number of ether oxygens (including phenoxy) is 1. The van der Waals surface area contributed by atoms with Gasteiger partial charge in [0.1, 0.15) is 5.00 Å². The molecule has 1 aromatic rings. The number of esters is 1. The van der Waals surface area contributed by atoms with Gasteiger partial charge < -0.3 is 15.0 Å². The molecular formula is C18H26N2O2S2. The van der Waals surface area contributed by atoms with Crippen molar-refractivity contribution >= 4 is 39.6 Å². The van der Waals surface area contributed by atoms with Crippen molar-refractivity contribution in [1.29, 1.82) is 0 Å². The monoisotopic (exact) mass is 366 g/mol.